The minimum absolute atomic E-state index is 0.0635. The minimum Gasteiger partial charge on any atom is -0.355 e. The molecule has 0 unspecified atom stereocenters. The van der Waals surface area contributed by atoms with Crippen LogP contribution in [0.2, 0.25) is 0 Å². The predicted molar refractivity (Wildman–Crippen MR) is 60.9 cm³/mol. The van der Waals surface area contributed by atoms with Gasteiger partial charge in [0.05, 0.1) is 17.0 Å². The van der Waals surface area contributed by atoms with Gasteiger partial charge in [-0.05, 0) is 19.9 Å². The van der Waals surface area contributed by atoms with E-state index in [2.05, 4.69) is 15.4 Å². The van der Waals surface area contributed by atoms with E-state index in [1.165, 1.54) is 20.0 Å². The Balaban J connectivity index is 2.83. The smallest absolute Gasteiger partial charge is 0.355 e. The number of amides is 1. The molecule has 2 aromatic heterocycles. The number of nitrogens with one attached hydrogen (secondary N) is 1. The van der Waals surface area contributed by atoms with Crippen molar-refractivity contribution in [1.82, 2.24) is 19.9 Å². The molecule has 0 bridgehead atoms. The van der Waals surface area contributed by atoms with Crippen molar-refractivity contribution < 1.29 is 18.0 Å². The van der Waals surface area contributed by atoms with Crippen LogP contribution in [0, 0.1) is 13.8 Å². The van der Waals surface area contributed by atoms with E-state index in [4.69, 9.17) is 0 Å². The van der Waals surface area contributed by atoms with Gasteiger partial charge in [0.25, 0.3) is 5.91 Å². The Bertz CT molecular complexity index is 660. The molecule has 1 amide bonds. The first kappa shape index (κ1) is 13.3. The zero-order valence-electron chi connectivity index (χ0n) is 10.5. The summed E-state index contributed by atoms with van der Waals surface area (Å²) >= 11 is 0. The van der Waals surface area contributed by atoms with Gasteiger partial charge in [-0.2, -0.15) is 18.3 Å². The number of halogens is 3. The Morgan fingerprint density at radius 1 is 1.37 bits per heavy atom. The quantitative estimate of drug-likeness (QED) is 0.860. The van der Waals surface area contributed by atoms with Crippen molar-refractivity contribution in [2.45, 2.75) is 20.0 Å². The minimum atomic E-state index is -4.58. The van der Waals surface area contributed by atoms with Gasteiger partial charge in [-0.3, -0.25) is 4.79 Å². The van der Waals surface area contributed by atoms with Gasteiger partial charge < -0.3 is 5.32 Å². The molecule has 0 aliphatic rings. The lowest BCUT2D eigenvalue weighted by Gasteiger charge is -2.04. The van der Waals surface area contributed by atoms with E-state index in [1.807, 2.05) is 0 Å². The molecular formula is C11H11F3N4O. The number of nitrogens with zero attached hydrogens (tertiary/aromatic N) is 3. The van der Waals surface area contributed by atoms with Crippen molar-refractivity contribution >= 4 is 11.6 Å². The van der Waals surface area contributed by atoms with Gasteiger partial charge in [-0.15, -0.1) is 0 Å². The van der Waals surface area contributed by atoms with Crippen LogP contribution in [0.3, 0.4) is 0 Å². The fourth-order valence-electron chi connectivity index (χ4n) is 1.82. The summed E-state index contributed by atoms with van der Waals surface area (Å²) in [4.78, 5) is 15.2. The molecule has 0 radical (unpaired) electrons. The third kappa shape index (κ3) is 2.13. The van der Waals surface area contributed by atoms with E-state index < -0.39 is 17.8 Å². The first-order valence-corrected chi connectivity index (χ1v) is 5.42. The lowest BCUT2D eigenvalue weighted by atomic mass is 10.2. The molecule has 0 spiro atoms. The standard InChI is InChI=1S/C11H11F3N4O/c1-5-4-7(10(19)15-3)9-16-8(11(12,13)14)6(2)18(9)17-5/h4H,1-3H3,(H,15,19). The molecule has 2 aromatic rings. The van der Waals surface area contributed by atoms with Gasteiger partial charge in [-0.1, -0.05) is 0 Å². The summed E-state index contributed by atoms with van der Waals surface area (Å²) in [5.41, 5.74) is -0.782. The SMILES string of the molecule is CNC(=O)c1cc(C)nn2c(C)c(C(F)(F)F)nc12. The lowest BCUT2D eigenvalue weighted by molar-refractivity contribution is -0.141. The number of aryl methyl sites for hydroxylation is 2. The Hall–Kier alpha value is -2.12. The molecule has 102 valence electrons. The fraction of sp³-hybridized carbons (Fsp3) is 0.364. The number of imidazole rings is 1. The first-order valence-electron chi connectivity index (χ1n) is 5.42. The van der Waals surface area contributed by atoms with Gasteiger partial charge in [0.15, 0.2) is 11.3 Å². The second-order valence-corrected chi connectivity index (χ2v) is 4.06. The molecule has 0 fully saturated rings. The Labute approximate surface area is 106 Å². The number of hydrogen-bond acceptors (Lipinski definition) is 3. The van der Waals surface area contributed by atoms with Crippen molar-refractivity contribution in [2.24, 2.45) is 0 Å². The molecule has 19 heavy (non-hydrogen) atoms. The van der Waals surface area contributed by atoms with Gasteiger partial charge >= 0.3 is 6.18 Å². The number of fused-ring (bicyclic) bond motifs is 1. The number of carbonyl (C=O) groups is 1. The second-order valence-electron chi connectivity index (χ2n) is 4.06. The van der Waals surface area contributed by atoms with E-state index in [0.29, 0.717) is 5.69 Å². The van der Waals surface area contributed by atoms with Gasteiger partial charge in [0.2, 0.25) is 0 Å². The Kier molecular flexibility index (Phi) is 2.95. The number of hydrogen-bond donors (Lipinski definition) is 1. The highest BCUT2D eigenvalue weighted by Gasteiger charge is 2.37. The molecule has 8 heteroatoms. The van der Waals surface area contributed by atoms with Crippen LogP contribution in [0.5, 0.6) is 0 Å². The lowest BCUT2D eigenvalue weighted by Crippen LogP contribution is -2.19. The average molecular weight is 272 g/mol. The van der Waals surface area contributed by atoms with Gasteiger partial charge in [-0.25, -0.2) is 9.50 Å². The van der Waals surface area contributed by atoms with Crippen LogP contribution in [0.15, 0.2) is 6.07 Å². The maximum Gasteiger partial charge on any atom is 0.435 e. The summed E-state index contributed by atoms with van der Waals surface area (Å²) in [6.07, 6.45) is -4.58. The molecule has 5 nitrogen and oxygen atoms in total. The van der Waals surface area contributed by atoms with Crippen LogP contribution in [0.25, 0.3) is 5.65 Å². The maximum absolute atomic E-state index is 12.8. The van der Waals surface area contributed by atoms with Crippen LogP contribution in [-0.2, 0) is 6.18 Å². The normalized spacial score (nSPS) is 11.9. The summed E-state index contributed by atoms with van der Waals surface area (Å²) in [5, 5.41) is 6.33. The summed E-state index contributed by atoms with van der Waals surface area (Å²) < 4.78 is 39.4. The van der Waals surface area contributed by atoms with Crippen LogP contribution in [0.4, 0.5) is 13.2 Å². The summed E-state index contributed by atoms with van der Waals surface area (Å²) in [6.45, 7) is 2.86. The number of aromatic nitrogens is 3. The third-order valence-electron chi connectivity index (χ3n) is 2.67. The van der Waals surface area contributed by atoms with Crippen LogP contribution in [0.1, 0.15) is 27.4 Å². The highest BCUT2D eigenvalue weighted by atomic mass is 19.4. The molecule has 2 rings (SSSR count). The molecule has 0 aromatic carbocycles. The van der Waals surface area contributed by atoms with Gasteiger partial charge in [0.1, 0.15) is 0 Å². The summed E-state index contributed by atoms with van der Waals surface area (Å²) in [5.74, 6) is -0.505. The molecule has 0 saturated carbocycles. The monoisotopic (exact) mass is 272 g/mol. The van der Waals surface area contributed by atoms with Crippen molar-refractivity contribution in [1.29, 1.82) is 0 Å². The van der Waals surface area contributed by atoms with Crippen molar-refractivity contribution in [3.05, 3.63) is 28.7 Å². The van der Waals surface area contributed by atoms with Crippen LogP contribution >= 0.6 is 0 Å². The first-order chi connectivity index (χ1) is 8.75. The second kappa shape index (κ2) is 4.22. The molecule has 0 aliphatic heterocycles. The zero-order chi connectivity index (χ0) is 14.4. The van der Waals surface area contributed by atoms with E-state index >= 15 is 0 Å². The van der Waals surface area contributed by atoms with Crippen molar-refractivity contribution in [3.63, 3.8) is 0 Å². The summed E-state index contributed by atoms with van der Waals surface area (Å²) in [7, 11) is 1.40. The summed E-state index contributed by atoms with van der Waals surface area (Å²) in [6, 6.07) is 1.40. The number of carbonyl (C=O) groups excluding carboxylic acids is 1. The Morgan fingerprint density at radius 3 is 2.53 bits per heavy atom. The highest BCUT2D eigenvalue weighted by Crippen LogP contribution is 2.31. The molecular weight excluding hydrogens is 261 g/mol. The fourth-order valence-corrected chi connectivity index (χ4v) is 1.82. The Morgan fingerprint density at radius 2 is 2.00 bits per heavy atom. The van der Waals surface area contributed by atoms with Crippen molar-refractivity contribution in [3.8, 4) is 0 Å². The predicted octanol–water partition coefficient (Wildman–Crippen LogP) is 1.72. The topological polar surface area (TPSA) is 59.3 Å². The van der Waals surface area contributed by atoms with Crippen LogP contribution < -0.4 is 5.32 Å². The maximum atomic E-state index is 12.8. The van der Waals surface area contributed by atoms with Gasteiger partial charge in [0, 0.05) is 7.05 Å². The number of alkyl halides is 3. The van der Waals surface area contributed by atoms with Crippen molar-refractivity contribution in [2.75, 3.05) is 7.05 Å². The third-order valence-corrected chi connectivity index (χ3v) is 2.67. The molecule has 0 atom stereocenters. The largest absolute Gasteiger partial charge is 0.435 e. The van der Waals surface area contributed by atoms with Crippen LogP contribution in [-0.4, -0.2) is 27.6 Å². The number of rotatable bonds is 1. The molecule has 0 aliphatic carbocycles. The zero-order valence-corrected chi connectivity index (χ0v) is 10.5. The van der Waals surface area contributed by atoms with E-state index in [1.54, 1.807) is 6.92 Å². The highest BCUT2D eigenvalue weighted by molar-refractivity contribution is 5.99. The van der Waals surface area contributed by atoms with E-state index in [0.717, 1.165) is 4.52 Å². The average Bonchev–Trinajstić information content (AvgIpc) is 2.65. The molecule has 0 saturated heterocycles. The molecule has 1 N–H and O–H groups in total. The van der Waals surface area contributed by atoms with E-state index in [-0.39, 0.29) is 16.9 Å². The van der Waals surface area contributed by atoms with E-state index in [9.17, 15) is 18.0 Å². The molecule has 2 heterocycles.